The van der Waals surface area contributed by atoms with Crippen LogP contribution >= 0.6 is 0 Å². The van der Waals surface area contributed by atoms with Crippen LogP contribution in [0.1, 0.15) is 36.8 Å². The fraction of sp³-hybridized carbons (Fsp3) is 0.294. The Kier molecular flexibility index (Phi) is 3.92. The minimum absolute atomic E-state index is 0.287. The molecule has 1 N–H and O–H groups in total. The number of halogens is 1. The summed E-state index contributed by atoms with van der Waals surface area (Å²) in [5.41, 5.74) is 0.197. The fourth-order valence-electron chi connectivity index (χ4n) is 2.51. The summed E-state index contributed by atoms with van der Waals surface area (Å²) in [7, 11) is 0. The lowest BCUT2D eigenvalue weighted by Crippen LogP contribution is -2.30. The molecular formula is C17H18FNO3. The second kappa shape index (κ2) is 5.40. The molecule has 0 unspecified atom stereocenters. The standard InChI is InChI=1S/C17H18FNO3/c1-10-14(11-5-7-12(18)8-6-11)15(20)13(16(21)22)9-19(10)17(2,3)4/h5-9H,1-4H3,(H,21,22). The number of carbonyl (C=O) groups is 1. The van der Waals surface area contributed by atoms with Crippen molar-refractivity contribution >= 4 is 5.97 Å². The Balaban J connectivity index is 2.88. The van der Waals surface area contributed by atoms with Gasteiger partial charge in [0.1, 0.15) is 11.4 Å². The minimum atomic E-state index is -1.27. The molecule has 1 heterocycles. The highest BCUT2D eigenvalue weighted by molar-refractivity contribution is 5.89. The summed E-state index contributed by atoms with van der Waals surface area (Å²) < 4.78 is 14.9. The third-order valence-electron chi connectivity index (χ3n) is 3.54. The SMILES string of the molecule is Cc1c(-c2ccc(F)cc2)c(=O)c(C(=O)O)cn1C(C)(C)C. The molecule has 0 spiro atoms. The Morgan fingerprint density at radius 2 is 1.73 bits per heavy atom. The topological polar surface area (TPSA) is 59.3 Å². The molecular weight excluding hydrogens is 285 g/mol. The van der Waals surface area contributed by atoms with Crippen LogP contribution in [0, 0.1) is 12.7 Å². The second-order valence-corrected chi connectivity index (χ2v) is 6.19. The van der Waals surface area contributed by atoms with Crippen molar-refractivity contribution in [3.8, 4) is 11.1 Å². The first kappa shape index (κ1) is 15.9. The predicted octanol–water partition coefficient (Wildman–Crippen LogP) is 3.42. The van der Waals surface area contributed by atoms with Crippen LogP contribution in [0.15, 0.2) is 35.3 Å². The van der Waals surface area contributed by atoms with Crippen molar-refractivity contribution in [2.24, 2.45) is 0 Å². The van der Waals surface area contributed by atoms with Gasteiger partial charge in [0.25, 0.3) is 0 Å². The normalized spacial score (nSPS) is 11.5. The van der Waals surface area contributed by atoms with Crippen molar-refractivity contribution in [3.05, 3.63) is 57.8 Å². The zero-order valence-electron chi connectivity index (χ0n) is 13.0. The summed E-state index contributed by atoms with van der Waals surface area (Å²) in [5.74, 6) is -1.68. The molecule has 0 saturated carbocycles. The van der Waals surface area contributed by atoms with Gasteiger partial charge in [-0.2, -0.15) is 0 Å². The van der Waals surface area contributed by atoms with Gasteiger partial charge in [0.15, 0.2) is 0 Å². The maximum atomic E-state index is 13.1. The minimum Gasteiger partial charge on any atom is -0.477 e. The van der Waals surface area contributed by atoms with Gasteiger partial charge in [0, 0.05) is 23.0 Å². The van der Waals surface area contributed by atoms with Gasteiger partial charge in [0.05, 0.1) is 0 Å². The van der Waals surface area contributed by atoms with Crippen molar-refractivity contribution < 1.29 is 14.3 Å². The smallest absolute Gasteiger partial charge is 0.341 e. The van der Waals surface area contributed by atoms with Crippen molar-refractivity contribution in [1.82, 2.24) is 4.57 Å². The first-order valence-electron chi connectivity index (χ1n) is 6.89. The van der Waals surface area contributed by atoms with Crippen LogP contribution in [-0.2, 0) is 5.54 Å². The lowest BCUT2D eigenvalue weighted by Gasteiger charge is -2.28. The number of hydrogen-bond donors (Lipinski definition) is 1. The molecule has 1 aromatic heterocycles. The highest BCUT2D eigenvalue weighted by Gasteiger charge is 2.23. The number of pyridine rings is 1. The molecule has 0 bridgehead atoms. The molecule has 0 aliphatic rings. The number of carboxylic acids is 1. The Bertz CT molecular complexity index is 783. The molecule has 4 nitrogen and oxygen atoms in total. The molecule has 116 valence electrons. The van der Waals surface area contributed by atoms with Crippen molar-refractivity contribution in [1.29, 1.82) is 0 Å². The van der Waals surface area contributed by atoms with Gasteiger partial charge in [-0.15, -0.1) is 0 Å². The van der Waals surface area contributed by atoms with Gasteiger partial charge >= 0.3 is 5.97 Å². The van der Waals surface area contributed by atoms with Crippen molar-refractivity contribution in [2.75, 3.05) is 0 Å². The average molecular weight is 303 g/mol. The van der Waals surface area contributed by atoms with Crippen LogP contribution in [-0.4, -0.2) is 15.6 Å². The van der Waals surface area contributed by atoms with Gasteiger partial charge in [0.2, 0.25) is 5.43 Å². The van der Waals surface area contributed by atoms with E-state index in [0.717, 1.165) is 0 Å². The molecule has 0 saturated heterocycles. The number of hydrogen-bond acceptors (Lipinski definition) is 2. The number of aromatic nitrogens is 1. The molecule has 0 radical (unpaired) electrons. The van der Waals surface area contributed by atoms with E-state index in [1.165, 1.54) is 30.5 Å². The van der Waals surface area contributed by atoms with E-state index in [4.69, 9.17) is 0 Å². The van der Waals surface area contributed by atoms with E-state index in [-0.39, 0.29) is 11.1 Å². The molecule has 2 aromatic rings. The quantitative estimate of drug-likeness (QED) is 0.924. The summed E-state index contributed by atoms with van der Waals surface area (Å²) in [6, 6.07) is 5.47. The monoisotopic (exact) mass is 303 g/mol. The number of nitrogens with zero attached hydrogens (tertiary/aromatic N) is 1. The first-order chi connectivity index (χ1) is 10.1. The van der Waals surface area contributed by atoms with Crippen molar-refractivity contribution in [3.63, 3.8) is 0 Å². The van der Waals surface area contributed by atoms with Gasteiger partial charge < -0.3 is 9.67 Å². The highest BCUT2D eigenvalue weighted by atomic mass is 19.1. The van der Waals surface area contributed by atoms with E-state index in [1.54, 1.807) is 11.5 Å². The Morgan fingerprint density at radius 1 is 1.18 bits per heavy atom. The summed E-state index contributed by atoms with van der Waals surface area (Å²) in [4.78, 5) is 23.9. The van der Waals surface area contributed by atoms with Gasteiger partial charge in [-0.1, -0.05) is 12.1 Å². The number of carboxylic acid groups (broad SMARTS) is 1. The molecule has 0 fully saturated rings. The third-order valence-corrected chi connectivity index (χ3v) is 3.54. The van der Waals surface area contributed by atoms with E-state index < -0.39 is 22.8 Å². The van der Waals surface area contributed by atoms with Crippen LogP contribution in [0.5, 0.6) is 0 Å². The molecule has 0 atom stereocenters. The molecule has 0 amide bonds. The van der Waals surface area contributed by atoms with Crippen LogP contribution in [0.4, 0.5) is 4.39 Å². The summed E-state index contributed by atoms with van der Waals surface area (Å²) in [6.07, 6.45) is 1.37. The second-order valence-electron chi connectivity index (χ2n) is 6.19. The Morgan fingerprint density at radius 3 is 2.18 bits per heavy atom. The number of aromatic carboxylic acids is 1. The summed E-state index contributed by atoms with van der Waals surface area (Å²) in [6.45, 7) is 7.52. The van der Waals surface area contributed by atoms with E-state index in [9.17, 15) is 19.1 Å². The van der Waals surface area contributed by atoms with Gasteiger partial charge in [-0.25, -0.2) is 9.18 Å². The van der Waals surface area contributed by atoms with Crippen LogP contribution in [0.3, 0.4) is 0 Å². The van der Waals surface area contributed by atoms with E-state index in [0.29, 0.717) is 11.3 Å². The third kappa shape index (κ3) is 2.79. The van der Waals surface area contributed by atoms with Crippen LogP contribution < -0.4 is 5.43 Å². The molecule has 5 heteroatoms. The largest absolute Gasteiger partial charge is 0.477 e. The molecule has 1 aromatic carbocycles. The molecule has 0 aliphatic heterocycles. The average Bonchev–Trinajstić information content (AvgIpc) is 2.39. The van der Waals surface area contributed by atoms with Crippen molar-refractivity contribution in [2.45, 2.75) is 33.2 Å². The Labute approximate surface area is 127 Å². The fourth-order valence-corrected chi connectivity index (χ4v) is 2.51. The Hall–Kier alpha value is -2.43. The lowest BCUT2D eigenvalue weighted by atomic mass is 9.98. The highest BCUT2D eigenvalue weighted by Crippen LogP contribution is 2.25. The van der Waals surface area contributed by atoms with Crippen LogP contribution in [0.25, 0.3) is 11.1 Å². The van der Waals surface area contributed by atoms with E-state index >= 15 is 0 Å². The van der Waals surface area contributed by atoms with Gasteiger partial charge in [-0.3, -0.25) is 4.79 Å². The molecule has 22 heavy (non-hydrogen) atoms. The zero-order chi connectivity index (χ0) is 16.7. The van der Waals surface area contributed by atoms with E-state index in [2.05, 4.69) is 0 Å². The van der Waals surface area contributed by atoms with E-state index in [1.807, 2.05) is 20.8 Å². The number of benzene rings is 1. The first-order valence-corrected chi connectivity index (χ1v) is 6.89. The number of rotatable bonds is 2. The maximum Gasteiger partial charge on any atom is 0.341 e. The predicted molar refractivity (Wildman–Crippen MR) is 82.8 cm³/mol. The van der Waals surface area contributed by atoms with Gasteiger partial charge in [-0.05, 0) is 45.4 Å². The van der Waals surface area contributed by atoms with Crippen LogP contribution in [0.2, 0.25) is 0 Å². The molecule has 0 aliphatic carbocycles. The maximum absolute atomic E-state index is 13.1. The summed E-state index contributed by atoms with van der Waals surface area (Å²) >= 11 is 0. The summed E-state index contributed by atoms with van der Waals surface area (Å²) in [5, 5.41) is 9.29. The zero-order valence-corrected chi connectivity index (χ0v) is 13.0. The molecule has 2 rings (SSSR count). The lowest BCUT2D eigenvalue weighted by molar-refractivity contribution is 0.0694.